The van der Waals surface area contributed by atoms with Crippen LogP contribution in [0, 0.1) is 0 Å². The van der Waals surface area contributed by atoms with Crippen molar-refractivity contribution >= 4 is 6.09 Å². The molecule has 0 bridgehead atoms. The first-order valence-corrected chi connectivity index (χ1v) is 4.45. The highest BCUT2D eigenvalue weighted by Crippen LogP contribution is 2.11. The summed E-state index contributed by atoms with van der Waals surface area (Å²) in [6.07, 6.45) is -0.238. The van der Waals surface area contributed by atoms with Crippen LogP contribution in [0.4, 0.5) is 4.79 Å². The monoisotopic (exact) mass is 189 g/mol. The molecule has 0 radical (unpaired) electrons. The van der Waals surface area contributed by atoms with E-state index in [4.69, 9.17) is 10.5 Å². The number of hydrogen-bond acceptors (Lipinski definition) is 3. The normalized spacial score (nSPS) is 12.8. The number of carbonyl (C=O) groups is 1. The Kier molecular flexibility index (Phi) is 3.88. The van der Waals surface area contributed by atoms with Gasteiger partial charge in [0.25, 0.3) is 0 Å². The van der Waals surface area contributed by atoms with Gasteiger partial charge in [0.2, 0.25) is 0 Å². The van der Waals surface area contributed by atoms with Crippen LogP contribution in [0.1, 0.15) is 20.8 Å². The van der Waals surface area contributed by atoms with Crippen LogP contribution in [0.25, 0.3) is 0 Å². The summed E-state index contributed by atoms with van der Waals surface area (Å²) >= 11 is 0. The Morgan fingerprint density at radius 3 is 2.15 bits per heavy atom. The number of hydrogen-bond donors (Lipinski definition) is 1. The molecule has 0 aliphatic heterocycles. The number of rotatable bonds is 2. The van der Waals surface area contributed by atoms with E-state index in [-0.39, 0.29) is 10.6 Å². The van der Waals surface area contributed by atoms with Gasteiger partial charge in [0.15, 0.2) is 0 Å². The quantitative estimate of drug-likeness (QED) is 0.658. The molecular weight excluding hydrogens is 168 g/mol. The maximum absolute atomic E-state index is 11.6. The van der Waals surface area contributed by atoms with Crippen molar-refractivity contribution in [3.63, 3.8) is 0 Å². The third-order valence-corrected chi connectivity index (χ3v) is 1.58. The fourth-order valence-electron chi connectivity index (χ4n) is 0.800. The van der Waals surface area contributed by atoms with E-state index in [1.807, 2.05) is 20.8 Å². The number of nitrogens with two attached hydrogens (primary N) is 1. The van der Waals surface area contributed by atoms with Gasteiger partial charge in [-0.25, -0.2) is 4.48 Å². The van der Waals surface area contributed by atoms with E-state index >= 15 is 0 Å². The summed E-state index contributed by atoms with van der Waals surface area (Å²) in [5.74, 6) is 0. The van der Waals surface area contributed by atoms with E-state index < -0.39 is 5.60 Å². The van der Waals surface area contributed by atoms with Gasteiger partial charge >= 0.3 is 6.09 Å². The van der Waals surface area contributed by atoms with E-state index in [0.717, 1.165) is 0 Å². The Balaban J connectivity index is 4.25. The molecule has 0 spiro atoms. The van der Waals surface area contributed by atoms with Gasteiger partial charge in [-0.2, -0.15) is 4.79 Å². The lowest BCUT2D eigenvalue weighted by Gasteiger charge is -2.28. The molecule has 0 rings (SSSR count). The van der Waals surface area contributed by atoms with Crippen molar-refractivity contribution in [2.75, 3.05) is 27.2 Å². The van der Waals surface area contributed by atoms with Gasteiger partial charge in [0.05, 0.1) is 14.1 Å². The lowest BCUT2D eigenvalue weighted by molar-refractivity contribution is -0.816. The van der Waals surface area contributed by atoms with Crippen molar-refractivity contribution in [2.24, 2.45) is 5.73 Å². The first-order valence-electron chi connectivity index (χ1n) is 4.45. The molecule has 0 atom stereocenters. The first-order chi connectivity index (χ1) is 5.69. The molecule has 4 nitrogen and oxygen atoms in total. The summed E-state index contributed by atoms with van der Waals surface area (Å²) in [6, 6.07) is 0. The number of nitrogens with zero attached hydrogens (tertiary/aromatic N) is 1. The number of likely N-dealkylation sites (N-methyl/N-ethyl adjacent to an activating group) is 1. The Morgan fingerprint density at radius 1 is 1.38 bits per heavy atom. The molecule has 0 aromatic rings. The fraction of sp³-hybridized carbons (Fsp3) is 0.889. The lowest BCUT2D eigenvalue weighted by Crippen LogP contribution is -2.50. The molecule has 0 aromatic heterocycles. The molecule has 0 saturated heterocycles. The van der Waals surface area contributed by atoms with Gasteiger partial charge in [-0.15, -0.1) is 0 Å². The van der Waals surface area contributed by atoms with E-state index in [2.05, 4.69) is 0 Å². The minimum absolute atomic E-state index is 0.174. The van der Waals surface area contributed by atoms with Gasteiger partial charge in [-0.05, 0) is 20.8 Å². The molecule has 0 fully saturated rings. The molecular formula is C9H21N2O2+. The molecule has 4 heteroatoms. The van der Waals surface area contributed by atoms with Crippen LogP contribution in [0.2, 0.25) is 0 Å². The fourth-order valence-corrected chi connectivity index (χ4v) is 0.800. The SMILES string of the molecule is CC(C)(C)OC(=O)[N+](C)(C)CCN. The van der Waals surface area contributed by atoms with Crippen LogP contribution >= 0.6 is 0 Å². The van der Waals surface area contributed by atoms with Crippen LogP contribution in [0.15, 0.2) is 0 Å². The number of ether oxygens (including phenoxy) is 1. The van der Waals surface area contributed by atoms with Crippen molar-refractivity contribution < 1.29 is 14.0 Å². The van der Waals surface area contributed by atoms with Gasteiger partial charge in [-0.3, -0.25) is 0 Å². The zero-order valence-electron chi connectivity index (χ0n) is 9.26. The van der Waals surface area contributed by atoms with E-state index in [9.17, 15) is 4.79 Å². The molecule has 0 saturated carbocycles. The highest BCUT2D eigenvalue weighted by atomic mass is 16.6. The third-order valence-electron chi connectivity index (χ3n) is 1.58. The molecule has 2 N–H and O–H groups in total. The standard InChI is InChI=1S/C9H21N2O2/c1-9(2,3)13-8(12)11(4,5)7-6-10/h6-7,10H2,1-5H3/q+1. The van der Waals surface area contributed by atoms with Crippen LogP contribution in [0.3, 0.4) is 0 Å². The molecule has 0 aromatic carbocycles. The molecule has 13 heavy (non-hydrogen) atoms. The molecule has 78 valence electrons. The highest BCUT2D eigenvalue weighted by Gasteiger charge is 2.31. The molecule has 1 amide bonds. The van der Waals surface area contributed by atoms with Gasteiger partial charge in [0, 0.05) is 6.54 Å². The Labute approximate surface area is 80.2 Å². The average molecular weight is 189 g/mol. The number of amides is 1. The average Bonchev–Trinajstić information content (AvgIpc) is 1.82. The second kappa shape index (κ2) is 4.07. The van der Waals surface area contributed by atoms with Crippen LogP contribution in [-0.2, 0) is 4.74 Å². The van der Waals surface area contributed by atoms with E-state index in [1.54, 1.807) is 14.1 Å². The lowest BCUT2D eigenvalue weighted by atomic mass is 10.2. The Hall–Kier alpha value is -0.610. The molecule has 0 aliphatic carbocycles. The van der Waals surface area contributed by atoms with E-state index in [0.29, 0.717) is 13.1 Å². The third kappa shape index (κ3) is 4.85. The largest absolute Gasteiger partial charge is 0.516 e. The summed E-state index contributed by atoms with van der Waals surface area (Å²) in [5, 5.41) is 0. The summed E-state index contributed by atoms with van der Waals surface area (Å²) in [4.78, 5) is 11.6. The summed E-state index contributed by atoms with van der Waals surface area (Å²) in [6.45, 7) is 6.63. The van der Waals surface area contributed by atoms with Gasteiger partial charge < -0.3 is 10.5 Å². The zero-order valence-corrected chi connectivity index (χ0v) is 9.26. The second-order valence-corrected chi connectivity index (χ2v) is 4.68. The Morgan fingerprint density at radius 2 is 1.85 bits per heavy atom. The predicted molar refractivity (Wildman–Crippen MR) is 52.3 cm³/mol. The predicted octanol–water partition coefficient (Wildman–Crippen LogP) is 0.957. The minimum Gasteiger partial charge on any atom is -0.414 e. The molecule has 0 heterocycles. The van der Waals surface area contributed by atoms with Crippen molar-refractivity contribution in [1.29, 1.82) is 0 Å². The Bertz CT molecular complexity index is 183. The van der Waals surface area contributed by atoms with Crippen LogP contribution < -0.4 is 5.73 Å². The smallest absolute Gasteiger partial charge is 0.414 e. The summed E-state index contributed by atoms with van der Waals surface area (Å²) in [5.41, 5.74) is 4.96. The molecule has 0 aliphatic rings. The van der Waals surface area contributed by atoms with Crippen molar-refractivity contribution in [3.05, 3.63) is 0 Å². The number of quaternary nitrogens is 1. The second-order valence-electron chi connectivity index (χ2n) is 4.68. The van der Waals surface area contributed by atoms with Crippen molar-refractivity contribution in [1.82, 2.24) is 0 Å². The topological polar surface area (TPSA) is 52.3 Å². The van der Waals surface area contributed by atoms with E-state index in [1.165, 1.54) is 0 Å². The summed E-state index contributed by atoms with van der Waals surface area (Å²) in [7, 11) is 3.59. The maximum atomic E-state index is 11.6. The van der Waals surface area contributed by atoms with Crippen molar-refractivity contribution in [2.45, 2.75) is 26.4 Å². The van der Waals surface area contributed by atoms with Gasteiger partial charge in [-0.1, -0.05) is 0 Å². The minimum atomic E-state index is -0.429. The highest BCUT2D eigenvalue weighted by molar-refractivity contribution is 5.59. The number of carbonyl (C=O) groups excluding carboxylic acids is 1. The summed E-state index contributed by atoms with van der Waals surface area (Å²) < 4.78 is 5.41. The van der Waals surface area contributed by atoms with Crippen LogP contribution in [-0.4, -0.2) is 43.4 Å². The zero-order chi connectivity index (χ0) is 10.7. The van der Waals surface area contributed by atoms with Crippen molar-refractivity contribution in [3.8, 4) is 0 Å². The first kappa shape index (κ1) is 12.4. The maximum Gasteiger partial charge on any atom is 0.516 e. The van der Waals surface area contributed by atoms with Crippen LogP contribution in [0.5, 0.6) is 0 Å². The van der Waals surface area contributed by atoms with Gasteiger partial charge in [0.1, 0.15) is 12.1 Å². The molecule has 0 unspecified atom stereocenters.